The van der Waals surface area contributed by atoms with Gasteiger partial charge in [0.15, 0.2) is 0 Å². The van der Waals surface area contributed by atoms with E-state index >= 15 is 0 Å². The van der Waals surface area contributed by atoms with Crippen LogP contribution in [0.2, 0.25) is 0 Å². The van der Waals surface area contributed by atoms with Crippen LogP contribution in [-0.2, 0) is 4.79 Å². The van der Waals surface area contributed by atoms with E-state index in [1.807, 2.05) is 0 Å². The Kier molecular flexibility index (Phi) is 2.88. The molecule has 0 saturated carbocycles. The van der Waals surface area contributed by atoms with Gasteiger partial charge in [-0.25, -0.2) is 13.6 Å². The molecule has 0 aliphatic rings. The monoisotopic (exact) mass is 281 g/mol. The molecule has 12 heavy (non-hydrogen) atoms. The summed E-state index contributed by atoms with van der Waals surface area (Å²) in [5, 5.41) is 0. The second-order valence-electron chi connectivity index (χ2n) is 1.93. The van der Waals surface area contributed by atoms with E-state index in [1.54, 1.807) is 0 Å². The van der Waals surface area contributed by atoms with Crippen LogP contribution in [0.4, 0.5) is 14.5 Å². The molecule has 0 fully saturated rings. The lowest BCUT2D eigenvalue weighted by atomic mass is 10.3. The standard InChI is InChI=1S/C7H2F2INO/c8-5-1-4(11-3-12)2-6(9)7(5)10/h1-2H. The molecular weight excluding hydrogens is 279 g/mol. The molecule has 2 nitrogen and oxygen atoms in total. The predicted molar refractivity (Wildman–Crippen MR) is 46.9 cm³/mol. The van der Waals surface area contributed by atoms with Crippen LogP contribution < -0.4 is 0 Å². The van der Waals surface area contributed by atoms with Gasteiger partial charge in [0.25, 0.3) is 0 Å². The minimum atomic E-state index is -0.732. The van der Waals surface area contributed by atoms with Gasteiger partial charge >= 0.3 is 0 Å². The zero-order valence-electron chi connectivity index (χ0n) is 5.64. The van der Waals surface area contributed by atoms with Gasteiger partial charge in [-0.2, -0.15) is 4.99 Å². The maximum Gasteiger partial charge on any atom is 0.240 e. The number of hydrogen-bond acceptors (Lipinski definition) is 2. The van der Waals surface area contributed by atoms with Crippen molar-refractivity contribution in [2.75, 3.05) is 0 Å². The lowest BCUT2D eigenvalue weighted by molar-refractivity contribution is 0.564. The largest absolute Gasteiger partial charge is 0.240 e. The zero-order chi connectivity index (χ0) is 9.14. The maximum atomic E-state index is 12.7. The fourth-order valence-electron chi connectivity index (χ4n) is 0.659. The van der Waals surface area contributed by atoms with E-state index in [2.05, 4.69) is 4.99 Å². The Labute approximate surface area is 80.4 Å². The molecule has 0 aliphatic carbocycles. The highest BCUT2D eigenvalue weighted by atomic mass is 127. The highest BCUT2D eigenvalue weighted by Crippen LogP contribution is 2.21. The SMILES string of the molecule is O=C=Nc1cc(F)c(I)c(F)c1. The van der Waals surface area contributed by atoms with E-state index in [4.69, 9.17) is 0 Å². The van der Waals surface area contributed by atoms with Crippen LogP contribution in [0, 0.1) is 15.2 Å². The average molecular weight is 281 g/mol. The number of carbonyl (C=O) groups excluding carboxylic acids is 1. The first-order valence-corrected chi connectivity index (χ1v) is 3.95. The Balaban J connectivity index is 3.30. The Morgan fingerprint density at radius 3 is 2.25 bits per heavy atom. The Hall–Kier alpha value is -0.810. The molecule has 0 spiro atoms. The lowest BCUT2D eigenvalue weighted by Gasteiger charge is -1.96. The van der Waals surface area contributed by atoms with Crippen molar-refractivity contribution in [2.45, 2.75) is 0 Å². The fourth-order valence-corrected chi connectivity index (χ4v) is 0.971. The third-order valence-electron chi connectivity index (χ3n) is 1.14. The van der Waals surface area contributed by atoms with Gasteiger partial charge < -0.3 is 0 Å². The Morgan fingerprint density at radius 2 is 1.83 bits per heavy atom. The summed E-state index contributed by atoms with van der Waals surface area (Å²) in [5.41, 5.74) is -0.0691. The van der Waals surface area contributed by atoms with Crippen LogP contribution in [0.15, 0.2) is 17.1 Å². The Bertz CT molecular complexity index is 337. The minimum absolute atomic E-state index is 0.0691. The van der Waals surface area contributed by atoms with Gasteiger partial charge in [0.05, 0.1) is 9.26 Å². The van der Waals surface area contributed by atoms with Crippen molar-refractivity contribution in [2.24, 2.45) is 4.99 Å². The van der Waals surface area contributed by atoms with Crippen molar-refractivity contribution < 1.29 is 13.6 Å². The van der Waals surface area contributed by atoms with Crippen LogP contribution >= 0.6 is 22.6 Å². The van der Waals surface area contributed by atoms with Crippen molar-refractivity contribution >= 4 is 34.4 Å². The highest BCUT2D eigenvalue weighted by molar-refractivity contribution is 14.1. The molecule has 0 saturated heterocycles. The molecule has 62 valence electrons. The molecule has 1 aromatic rings. The second-order valence-corrected chi connectivity index (χ2v) is 3.01. The topological polar surface area (TPSA) is 29.4 Å². The molecule has 0 unspecified atom stereocenters. The van der Waals surface area contributed by atoms with Gasteiger partial charge in [0.2, 0.25) is 6.08 Å². The van der Waals surface area contributed by atoms with Crippen molar-refractivity contribution in [3.63, 3.8) is 0 Å². The number of aliphatic imine (C=N–C) groups is 1. The van der Waals surface area contributed by atoms with Crippen LogP contribution in [0.5, 0.6) is 0 Å². The van der Waals surface area contributed by atoms with Gasteiger partial charge in [-0.05, 0) is 22.6 Å². The van der Waals surface area contributed by atoms with E-state index < -0.39 is 11.6 Å². The van der Waals surface area contributed by atoms with Crippen LogP contribution in [0.3, 0.4) is 0 Å². The number of benzene rings is 1. The zero-order valence-corrected chi connectivity index (χ0v) is 7.80. The van der Waals surface area contributed by atoms with Gasteiger partial charge in [0, 0.05) is 12.1 Å². The van der Waals surface area contributed by atoms with Gasteiger partial charge in [-0.15, -0.1) is 0 Å². The predicted octanol–water partition coefficient (Wildman–Crippen LogP) is 2.54. The molecule has 0 bridgehead atoms. The Morgan fingerprint density at radius 1 is 1.33 bits per heavy atom. The third-order valence-corrected chi connectivity index (χ3v) is 2.17. The van der Waals surface area contributed by atoms with Gasteiger partial charge in [-0.1, -0.05) is 0 Å². The molecule has 0 radical (unpaired) electrons. The van der Waals surface area contributed by atoms with E-state index in [-0.39, 0.29) is 9.26 Å². The van der Waals surface area contributed by atoms with E-state index in [0.717, 1.165) is 12.1 Å². The van der Waals surface area contributed by atoms with E-state index in [0.29, 0.717) is 0 Å². The normalized spacial score (nSPS) is 9.25. The minimum Gasteiger partial charge on any atom is -0.211 e. The van der Waals surface area contributed by atoms with Gasteiger partial charge in [0.1, 0.15) is 11.6 Å². The molecule has 0 heterocycles. The van der Waals surface area contributed by atoms with Crippen molar-refractivity contribution in [3.8, 4) is 0 Å². The summed E-state index contributed by atoms with van der Waals surface area (Å²) in [4.78, 5) is 12.8. The lowest BCUT2D eigenvalue weighted by Crippen LogP contribution is -1.86. The summed E-state index contributed by atoms with van der Waals surface area (Å²) in [6, 6.07) is 1.94. The third kappa shape index (κ3) is 1.86. The quantitative estimate of drug-likeness (QED) is 0.336. The number of hydrogen-bond donors (Lipinski definition) is 0. The first kappa shape index (κ1) is 9.28. The molecule has 0 N–H and O–H groups in total. The number of rotatable bonds is 1. The molecule has 5 heteroatoms. The fraction of sp³-hybridized carbons (Fsp3) is 0. The number of isocyanates is 1. The molecular formula is C7H2F2INO. The molecule has 0 aromatic heterocycles. The summed E-state index contributed by atoms with van der Waals surface area (Å²) in [7, 11) is 0. The first-order valence-electron chi connectivity index (χ1n) is 2.87. The van der Waals surface area contributed by atoms with Gasteiger partial charge in [-0.3, -0.25) is 0 Å². The molecule has 1 rings (SSSR count). The highest BCUT2D eigenvalue weighted by Gasteiger charge is 2.06. The number of halogens is 3. The average Bonchev–Trinajstić information content (AvgIpc) is 2.01. The van der Waals surface area contributed by atoms with Crippen LogP contribution in [-0.4, -0.2) is 6.08 Å². The van der Waals surface area contributed by atoms with Crippen LogP contribution in [0.25, 0.3) is 0 Å². The molecule has 0 atom stereocenters. The molecule has 1 aromatic carbocycles. The summed E-state index contributed by atoms with van der Waals surface area (Å²) in [5.74, 6) is -1.46. The van der Waals surface area contributed by atoms with E-state index in [9.17, 15) is 13.6 Å². The van der Waals surface area contributed by atoms with Crippen molar-refractivity contribution in [3.05, 3.63) is 27.3 Å². The van der Waals surface area contributed by atoms with Crippen molar-refractivity contribution in [1.82, 2.24) is 0 Å². The summed E-state index contributed by atoms with van der Waals surface area (Å²) < 4.78 is 25.3. The van der Waals surface area contributed by atoms with Crippen LogP contribution in [0.1, 0.15) is 0 Å². The molecule has 0 amide bonds. The molecule has 0 aliphatic heterocycles. The smallest absolute Gasteiger partial charge is 0.211 e. The summed E-state index contributed by atoms with van der Waals surface area (Å²) >= 11 is 1.52. The maximum absolute atomic E-state index is 12.7. The number of nitrogens with zero attached hydrogens (tertiary/aromatic N) is 1. The second kappa shape index (κ2) is 3.73. The van der Waals surface area contributed by atoms with Crippen molar-refractivity contribution in [1.29, 1.82) is 0 Å². The first-order chi connectivity index (χ1) is 5.65. The van der Waals surface area contributed by atoms with E-state index in [1.165, 1.54) is 28.7 Å². The summed E-state index contributed by atoms with van der Waals surface area (Å²) in [6.45, 7) is 0. The summed E-state index contributed by atoms with van der Waals surface area (Å²) in [6.07, 6.45) is 1.20.